The lowest BCUT2D eigenvalue weighted by Gasteiger charge is -2.08. The smallest absolute Gasteiger partial charge is 0.340 e. The van der Waals surface area contributed by atoms with Crippen molar-refractivity contribution in [3.63, 3.8) is 0 Å². The van der Waals surface area contributed by atoms with Gasteiger partial charge in [0.1, 0.15) is 5.75 Å². The van der Waals surface area contributed by atoms with E-state index in [1.54, 1.807) is 36.9 Å². The molecule has 2 aromatic carbocycles. The van der Waals surface area contributed by atoms with Gasteiger partial charge in [0.15, 0.2) is 0 Å². The molecule has 0 atom stereocenters. The van der Waals surface area contributed by atoms with Crippen molar-refractivity contribution >= 4 is 40.2 Å². The fraction of sp³-hybridized carbons (Fsp3) is 0.211. The number of aromatic nitrogens is 1. The second kappa shape index (κ2) is 7.42. The topological polar surface area (TPSA) is 51.5 Å². The Labute approximate surface area is 155 Å². The van der Waals surface area contributed by atoms with E-state index in [1.165, 1.54) is 0 Å². The average Bonchev–Trinajstić information content (AvgIpc) is 2.85. The molecule has 1 aromatic heterocycles. The zero-order valence-corrected chi connectivity index (χ0v) is 15.5. The number of nitrogens with zero attached hydrogens (tertiary/aromatic N) is 1. The second-order valence-electron chi connectivity index (χ2n) is 5.55. The van der Waals surface area contributed by atoms with E-state index in [9.17, 15) is 9.90 Å². The van der Waals surface area contributed by atoms with Crippen LogP contribution in [-0.2, 0) is 17.5 Å². The molecular formula is C19H18ClNO3S. The van der Waals surface area contributed by atoms with Crippen LogP contribution in [0.4, 0.5) is 0 Å². The van der Waals surface area contributed by atoms with E-state index in [4.69, 9.17) is 16.3 Å². The predicted octanol–water partition coefficient (Wildman–Crippen LogP) is 5.01. The largest absolute Gasteiger partial charge is 0.508 e. The first-order valence-corrected chi connectivity index (χ1v) is 9.23. The van der Waals surface area contributed by atoms with E-state index in [-0.39, 0.29) is 11.7 Å². The van der Waals surface area contributed by atoms with Gasteiger partial charge in [0.25, 0.3) is 0 Å². The Morgan fingerprint density at radius 2 is 2.08 bits per heavy atom. The summed E-state index contributed by atoms with van der Waals surface area (Å²) in [7, 11) is 1.91. The number of hydrogen-bond acceptors (Lipinski definition) is 4. The number of aryl methyl sites for hydroxylation is 1. The molecule has 0 radical (unpaired) electrons. The summed E-state index contributed by atoms with van der Waals surface area (Å²) in [4.78, 5) is 13.5. The van der Waals surface area contributed by atoms with Crippen LogP contribution in [0.3, 0.4) is 0 Å². The Hall–Kier alpha value is -2.11. The Morgan fingerprint density at radius 1 is 1.28 bits per heavy atom. The minimum Gasteiger partial charge on any atom is -0.508 e. The SMILES string of the molecule is CCOC(=O)c1c(CSc2cccc(Cl)c2)n(C)c2ccc(O)cc12. The number of carbonyl (C=O) groups is 1. The highest BCUT2D eigenvalue weighted by atomic mass is 35.5. The monoisotopic (exact) mass is 375 g/mol. The zero-order chi connectivity index (χ0) is 18.0. The van der Waals surface area contributed by atoms with Gasteiger partial charge in [-0.2, -0.15) is 0 Å². The molecule has 3 rings (SSSR count). The summed E-state index contributed by atoms with van der Waals surface area (Å²) in [5, 5.41) is 11.2. The van der Waals surface area contributed by atoms with Gasteiger partial charge in [-0.3, -0.25) is 0 Å². The third-order valence-electron chi connectivity index (χ3n) is 3.96. The number of phenols is 1. The van der Waals surface area contributed by atoms with Gasteiger partial charge < -0.3 is 14.4 Å². The number of phenolic OH excluding ortho intramolecular Hbond substituents is 1. The molecule has 0 aliphatic heterocycles. The van der Waals surface area contributed by atoms with Crippen LogP contribution < -0.4 is 0 Å². The minimum atomic E-state index is -0.375. The maximum atomic E-state index is 12.5. The lowest BCUT2D eigenvalue weighted by molar-refractivity contribution is 0.0527. The molecule has 0 bridgehead atoms. The zero-order valence-electron chi connectivity index (χ0n) is 14.0. The second-order valence-corrected chi connectivity index (χ2v) is 7.03. The van der Waals surface area contributed by atoms with Crippen molar-refractivity contribution in [3.05, 3.63) is 58.7 Å². The Bertz CT molecular complexity index is 936. The number of carbonyl (C=O) groups excluding carboxylic acids is 1. The van der Waals surface area contributed by atoms with Crippen LogP contribution in [0.1, 0.15) is 23.0 Å². The van der Waals surface area contributed by atoms with E-state index in [0.717, 1.165) is 16.1 Å². The normalized spacial score (nSPS) is 11.0. The van der Waals surface area contributed by atoms with Crippen LogP contribution in [0, 0.1) is 0 Å². The van der Waals surface area contributed by atoms with Gasteiger partial charge in [0.05, 0.1) is 12.2 Å². The van der Waals surface area contributed by atoms with Gasteiger partial charge in [-0.15, -0.1) is 11.8 Å². The summed E-state index contributed by atoms with van der Waals surface area (Å²) in [6, 6.07) is 12.6. The fourth-order valence-electron chi connectivity index (χ4n) is 2.79. The van der Waals surface area contributed by atoms with E-state index in [1.807, 2.05) is 35.9 Å². The highest BCUT2D eigenvalue weighted by molar-refractivity contribution is 7.98. The summed E-state index contributed by atoms with van der Waals surface area (Å²) in [6.07, 6.45) is 0. The maximum absolute atomic E-state index is 12.5. The molecule has 3 aromatic rings. The van der Waals surface area contributed by atoms with Gasteiger partial charge in [-0.25, -0.2) is 4.79 Å². The summed E-state index contributed by atoms with van der Waals surface area (Å²) in [6.45, 7) is 2.08. The number of fused-ring (bicyclic) bond motifs is 1. The first kappa shape index (κ1) is 17.7. The van der Waals surface area contributed by atoms with Crippen molar-refractivity contribution in [3.8, 4) is 5.75 Å². The number of thioether (sulfide) groups is 1. The number of rotatable bonds is 5. The summed E-state index contributed by atoms with van der Waals surface area (Å²) in [5.41, 5.74) is 2.23. The molecule has 0 spiro atoms. The van der Waals surface area contributed by atoms with Crippen molar-refractivity contribution in [1.82, 2.24) is 4.57 Å². The van der Waals surface area contributed by atoms with Crippen LogP contribution in [0.2, 0.25) is 5.02 Å². The molecule has 0 fully saturated rings. The number of benzene rings is 2. The van der Waals surface area contributed by atoms with Gasteiger partial charge in [-0.05, 0) is 43.3 Å². The van der Waals surface area contributed by atoms with Gasteiger partial charge >= 0.3 is 5.97 Å². The third kappa shape index (κ3) is 3.62. The van der Waals surface area contributed by atoms with E-state index in [2.05, 4.69) is 0 Å². The van der Waals surface area contributed by atoms with Crippen molar-refractivity contribution in [2.75, 3.05) is 6.61 Å². The quantitative estimate of drug-likeness (QED) is 0.503. The highest BCUT2D eigenvalue weighted by Gasteiger charge is 2.22. The molecule has 6 heteroatoms. The number of aromatic hydroxyl groups is 1. The van der Waals surface area contributed by atoms with Gasteiger partial charge in [-0.1, -0.05) is 17.7 Å². The molecule has 0 unspecified atom stereocenters. The van der Waals surface area contributed by atoms with Crippen LogP contribution in [-0.4, -0.2) is 22.2 Å². The van der Waals surface area contributed by atoms with Crippen molar-refractivity contribution < 1.29 is 14.6 Å². The average molecular weight is 376 g/mol. The first-order chi connectivity index (χ1) is 12.0. The maximum Gasteiger partial charge on any atom is 0.340 e. The molecular weight excluding hydrogens is 358 g/mol. The molecule has 25 heavy (non-hydrogen) atoms. The number of hydrogen-bond donors (Lipinski definition) is 1. The van der Waals surface area contributed by atoms with Crippen LogP contribution in [0.5, 0.6) is 5.75 Å². The van der Waals surface area contributed by atoms with Crippen molar-refractivity contribution in [2.45, 2.75) is 17.6 Å². The molecule has 0 saturated carbocycles. The fourth-order valence-corrected chi connectivity index (χ4v) is 4.08. The molecule has 1 N–H and O–H groups in total. The molecule has 0 aliphatic carbocycles. The molecule has 1 heterocycles. The molecule has 130 valence electrons. The van der Waals surface area contributed by atoms with Crippen LogP contribution in [0.15, 0.2) is 47.4 Å². The van der Waals surface area contributed by atoms with Crippen molar-refractivity contribution in [1.29, 1.82) is 0 Å². The number of halogens is 1. The molecule has 0 saturated heterocycles. The molecule has 0 amide bonds. The van der Waals surface area contributed by atoms with Crippen LogP contribution >= 0.6 is 23.4 Å². The lowest BCUT2D eigenvalue weighted by Crippen LogP contribution is -2.08. The molecule has 0 aliphatic rings. The van der Waals surface area contributed by atoms with Gasteiger partial charge in [0, 0.05) is 39.3 Å². The lowest BCUT2D eigenvalue weighted by atomic mass is 10.1. The minimum absolute atomic E-state index is 0.123. The first-order valence-electron chi connectivity index (χ1n) is 7.87. The highest BCUT2D eigenvalue weighted by Crippen LogP contribution is 2.33. The van der Waals surface area contributed by atoms with E-state index >= 15 is 0 Å². The standard InChI is InChI=1S/C19H18ClNO3S/c1-3-24-19(23)18-15-10-13(22)7-8-16(15)21(2)17(18)11-25-14-6-4-5-12(20)9-14/h4-10,22H,3,11H2,1-2H3. The van der Waals surface area contributed by atoms with E-state index < -0.39 is 0 Å². The Morgan fingerprint density at radius 3 is 2.80 bits per heavy atom. The summed E-state index contributed by atoms with van der Waals surface area (Å²) in [5.74, 6) is 0.332. The number of esters is 1. The Balaban J connectivity index is 2.04. The van der Waals surface area contributed by atoms with Crippen LogP contribution in [0.25, 0.3) is 10.9 Å². The van der Waals surface area contributed by atoms with Crippen molar-refractivity contribution in [2.24, 2.45) is 7.05 Å². The molecule has 4 nitrogen and oxygen atoms in total. The number of ether oxygens (including phenoxy) is 1. The summed E-state index contributed by atoms with van der Waals surface area (Å²) >= 11 is 7.64. The summed E-state index contributed by atoms with van der Waals surface area (Å²) < 4.78 is 7.21. The predicted molar refractivity (Wildman–Crippen MR) is 102 cm³/mol. The van der Waals surface area contributed by atoms with Gasteiger partial charge in [0.2, 0.25) is 0 Å². The third-order valence-corrected chi connectivity index (χ3v) is 5.20. The Kier molecular flexibility index (Phi) is 5.25. The van der Waals surface area contributed by atoms with E-state index in [0.29, 0.717) is 28.3 Å².